The molecule has 4 aromatic carbocycles. The summed E-state index contributed by atoms with van der Waals surface area (Å²) in [5.41, 5.74) is 4.34. The predicted molar refractivity (Wildman–Crippen MR) is 194 cm³/mol. The summed E-state index contributed by atoms with van der Waals surface area (Å²) in [6, 6.07) is 30.5. The summed E-state index contributed by atoms with van der Waals surface area (Å²) in [4.78, 5) is 0. The topological polar surface area (TPSA) is 104 Å². The number of rotatable bonds is 11. The fourth-order valence-corrected chi connectivity index (χ4v) is 5.30. The minimum absolute atomic E-state index is 0.0639. The van der Waals surface area contributed by atoms with Gasteiger partial charge in [0.05, 0.1) is 12.7 Å². The van der Waals surface area contributed by atoms with Crippen LogP contribution in [-0.4, -0.2) is 47.2 Å². The molecule has 7 nitrogen and oxygen atoms in total. The zero-order valence-corrected chi connectivity index (χ0v) is 30.2. The molecule has 0 bridgehead atoms. The van der Waals surface area contributed by atoms with Crippen molar-refractivity contribution in [1.29, 1.82) is 0 Å². The molecule has 4 aromatic rings. The van der Waals surface area contributed by atoms with Crippen molar-refractivity contribution in [3.63, 3.8) is 0 Å². The SMILES string of the molecule is CC(C)(c1ccc(O)cc1)c1ccc(OC2CO2)cc1.CC(C)C1CO1.CC(C)CC(O)Oc1ccc(C(C)(C)c2ccc(O)cc2)cc1. The quantitative estimate of drug-likeness (QED) is 0.108. The molecule has 3 unspecified atom stereocenters. The van der Waals surface area contributed by atoms with Crippen LogP contribution < -0.4 is 9.47 Å². The third-order valence-corrected chi connectivity index (χ3v) is 8.95. The molecule has 0 spiro atoms. The van der Waals surface area contributed by atoms with Crippen LogP contribution in [0.25, 0.3) is 0 Å². The molecule has 2 aliphatic rings. The van der Waals surface area contributed by atoms with Crippen molar-refractivity contribution >= 4 is 0 Å². The van der Waals surface area contributed by atoms with Crippen LogP contribution in [0.15, 0.2) is 97.1 Å². The van der Waals surface area contributed by atoms with E-state index in [1.54, 1.807) is 24.3 Å². The van der Waals surface area contributed by atoms with Gasteiger partial charge in [-0.1, -0.05) is 104 Å². The standard InChI is InChI=1S/C20H26O3.C17H18O3.C5H10O/c1-14(2)13-19(22)23-18-11-7-16(8-12-18)20(3,4)15-5-9-17(21)10-6-15;1-17(2,12-3-7-14(18)8-4-12)13-5-9-15(10-6-13)20-16-11-19-16;1-4(2)5-3-6-5/h5-12,14,19,21-22H,13H2,1-4H3;3-10,16,18H,11H2,1-2H3;4-5H,3H2,1-2H3. The summed E-state index contributed by atoms with van der Waals surface area (Å²) >= 11 is 0. The number of phenols is 2. The van der Waals surface area contributed by atoms with Gasteiger partial charge in [0, 0.05) is 17.3 Å². The second kappa shape index (κ2) is 16.6. The summed E-state index contributed by atoms with van der Waals surface area (Å²) in [6.07, 6.45) is 0.378. The Balaban J connectivity index is 0.000000189. The molecule has 2 saturated heterocycles. The first kappa shape index (κ1) is 37.8. The third kappa shape index (κ3) is 11.5. The van der Waals surface area contributed by atoms with Crippen molar-refractivity contribution in [3.05, 3.63) is 119 Å². The fraction of sp³-hybridized carbons (Fsp3) is 0.429. The molecule has 0 aliphatic carbocycles. The van der Waals surface area contributed by atoms with Crippen LogP contribution in [0.4, 0.5) is 0 Å². The molecule has 0 amide bonds. The number of hydrogen-bond donors (Lipinski definition) is 3. The average Bonchev–Trinajstić information content (AvgIpc) is 3.98. The van der Waals surface area contributed by atoms with Crippen LogP contribution in [0.3, 0.4) is 0 Å². The van der Waals surface area contributed by atoms with E-state index in [4.69, 9.17) is 18.9 Å². The number of aliphatic hydroxyl groups is 1. The van der Waals surface area contributed by atoms with Gasteiger partial charge in [0.15, 0.2) is 6.29 Å². The van der Waals surface area contributed by atoms with Gasteiger partial charge in [-0.2, -0.15) is 0 Å². The zero-order valence-electron chi connectivity index (χ0n) is 30.2. The molecule has 3 N–H and O–H groups in total. The zero-order chi connectivity index (χ0) is 35.8. The van der Waals surface area contributed by atoms with Crippen LogP contribution in [-0.2, 0) is 20.3 Å². The van der Waals surface area contributed by atoms with Crippen molar-refractivity contribution in [2.45, 2.75) is 91.3 Å². The van der Waals surface area contributed by atoms with Crippen LogP contribution in [0.2, 0.25) is 0 Å². The summed E-state index contributed by atoms with van der Waals surface area (Å²) in [5.74, 6) is 3.19. The molecule has 0 saturated carbocycles. The monoisotopic (exact) mass is 670 g/mol. The third-order valence-electron chi connectivity index (χ3n) is 8.95. The second-order valence-electron chi connectivity index (χ2n) is 14.6. The van der Waals surface area contributed by atoms with Gasteiger partial charge in [0.25, 0.3) is 0 Å². The first-order chi connectivity index (χ1) is 23.1. The molecule has 0 aromatic heterocycles. The first-order valence-electron chi connectivity index (χ1n) is 17.2. The van der Waals surface area contributed by atoms with Crippen molar-refractivity contribution in [2.75, 3.05) is 13.2 Å². The highest BCUT2D eigenvalue weighted by molar-refractivity contribution is 5.43. The number of benzene rings is 4. The van der Waals surface area contributed by atoms with Gasteiger partial charge in [-0.15, -0.1) is 0 Å². The van der Waals surface area contributed by atoms with Gasteiger partial charge in [-0.05, 0) is 82.6 Å². The maximum Gasteiger partial charge on any atom is 0.223 e. The van der Waals surface area contributed by atoms with Gasteiger partial charge < -0.3 is 34.3 Å². The minimum atomic E-state index is -0.772. The van der Waals surface area contributed by atoms with E-state index in [2.05, 4.69) is 67.5 Å². The maximum atomic E-state index is 9.86. The normalized spacial score (nSPS) is 17.3. The summed E-state index contributed by atoms with van der Waals surface area (Å²) < 4.78 is 21.1. The highest BCUT2D eigenvalue weighted by Crippen LogP contribution is 2.35. The second-order valence-corrected chi connectivity index (χ2v) is 14.6. The Kier molecular flexibility index (Phi) is 12.8. The van der Waals surface area contributed by atoms with Crippen molar-refractivity contribution in [2.24, 2.45) is 11.8 Å². The number of phenolic OH excluding ortho intramolecular Hbond substituents is 2. The molecule has 264 valence electrons. The van der Waals surface area contributed by atoms with Crippen LogP contribution in [0.1, 0.15) is 84.1 Å². The first-order valence-corrected chi connectivity index (χ1v) is 17.2. The number of epoxide rings is 2. The smallest absolute Gasteiger partial charge is 0.223 e. The lowest BCUT2D eigenvalue weighted by atomic mass is 9.78. The molecule has 7 heteroatoms. The van der Waals surface area contributed by atoms with E-state index < -0.39 is 6.29 Å². The van der Waals surface area contributed by atoms with E-state index in [1.807, 2.05) is 60.7 Å². The minimum Gasteiger partial charge on any atom is -0.508 e. The number of aromatic hydroxyl groups is 2. The molecule has 6 rings (SSSR count). The van der Waals surface area contributed by atoms with Gasteiger partial charge in [0.1, 0.15) is 29.6 Å². The lowest BCUT2D eigenvalue weighted by Crippen LogP contribution is -2.19. The Morgan fingerprint density at radius 2 is 0.980 bits per heavy atom. The number of ether oxygens (including phenoxy) is 4. The number of hydrogen-bond acceptors (Lipinski definition) is 7. The summed E-state index contributed by atoms with van der Waals surface area (Å²) in [6.45, 7) is 18.8. The molecular formula is C42H54O7. The average molecular weight is 671 g/mol. The van der Waals surface area contributed by atoms with E-state index in [0.717, 1.165) is 35.0 Å². The van der Waals surface area contributed by atoms with E-state index in [0.29, 0.717) is 30.8 Å². The van der Waals surface area contributed by atoms with E-state index in [-0.39, 0.29) is 28.6 Å². The van der Waals surface area contributed by atoms with Crippen molar-refractivity contribution in [1.82, 2.24) is 0 Å². The largest absolute Gasteiger partial charge is 0.508 e. The highest BCUT2D eigenvalue weighted by Gasteiger charge is 2.27. The highest BCUT2D eigenvalue weighted by atomic mass is 16.8. The summed E-state index contributed by atoms with van der Waals surface area (Å²) in [7, 11) is 0. The molecule has 3 atom stereocenters. The molecule has 2 aliphatic heterocycles. The maximum absolute atomic E-state index is 9.86. The van der Waals surface area contributed by atoms with Gasteiger partial charge in [0.2, 0.25) is 6.29 Å². The van der Waals surface area contributed by atoms with E-state index >= 15 is 0 Å². The summed E-state index contributed by atoms with van der Waals surface area (Å²) in [5, 5.41) is 28.7. The molecular weight excluding hydrogens is 616 g/mol. The van der Waals surface area contributed by atoms with Crippen molar-refractivity contribution in [3.8, 4) is 23.0 Å². The van der Waals surface area contributed by atoms with Crippen LogP contribution in [0, 0.1) is 11.8 Å². The number of aliphatic hydroxyl groups excluding tert-OH is 1. The lowest BCUT2D eigenvalue weighted by Gasteiger charge is -2.26. The van der Waals surface area contributed by atoms with Gasteiger partial charge in [-0.25, -0.2) is 0 Å². The molecule has 0 radical (unpaired) electrons. The van der Waals surface area contributed by atoms with Crippen LogP contribution >= 0.6 is 0 Å². The Bertz CT molecular complexity index is 1550. The van der Waals surface area contributed by atoms with Crippen molar-refractivity contribution < 1.29 is 34.3 Å². The predicted octanol–water partition coefficient (Wildman–Crippen LogP) is 8.96. The fourth-order valence-electron chi connectivity index (χ4n) is 5.30. The molecule has 49 heavy (non-hydrogen) atoms. The van der Waals surface area contributed by atoms with E-state index in [1.165, 1.54) is 5.56 Å². The molecule has 2 heterocycles. The van der Waals surface area contributed by atoms with E-state index in [9.17, 15) is 15.3 Å². The van der Waals surface area contributed by atoms with Crippen LogP contribution in [0.5, 0.6) is 23.0 Å². The molecule has 2 fully saturated rings. The Hall–Kier alpha value is -4.04. The Morgan fingerprint density at radius 3 is 1.29 bits per heavy atom. The van der Waals surface area contributed by atoms with Gasteiger partial charge in [-0.3, -0.25) is 0 Å². The van der Waals surface area contributed by atoms with Gasteiger partial charge >= 0.3 is 0 Å². The lowest BCUT2D eigenvalue weighted by molar-refractivity contribution is -0.0313. The Morgan fingerprint density at radius 1 is 0.612 bits per heavy atom. The Labute approximate surface area is 292 Å².